The van der Waals surface area contributed by atoms with E-state index in [2.05, 4.69) is 0 Å². The first-order valence-corrected chi connectivity index (χ1v) is 5.43. The summed E-state index contributed by atoms with van der Waals surface area (Å²) in [5, 5.41) is 9.03. The summed E-state index contributed by atoms with van der Waals surface area (Å²) in [5.74, 6) is -0.717. The Hall–Kier alpha value is -1.06. The largest absolute Gasteiger partial charge is 0.481 e. The average Bonchev–Trinajstić information content (AvgIpc) is 2.60. The second-order valence-corrected chi connectivity index (χ2v) is 4.68. The van der Waals surface area contributed by atoms with Gasteiger partial charge in [-0.15, -0.1) is 0 Å². The summed E-state index contributed by atoms with van der Waals surface area (Å²) in [6.07, 6.45) is 1.36. The van der Waals surface area contributed by atoms with E-state index in [9.17, 15) is 9.59 Å². The van der Waals surface area contributed by atoms with E-state index >= 15 is 0 Å². The Morgan fingerprint density at radius 1 is 1.53 bits per heavy atom. The molecule has 15 heavy (non-hydrogen) atoms. The normalized spacial score (nSPS) is 27.8. The Balaban J connectivity index is 2.64. The number of carbonyl (C=O) groups is 2. The number of hydrogen-bond donors (Lipinski definition) is 1. The van der Waals surface area contributed by atoms with Crippen LogP contribution in [0.25, 0.3) is 0 Å². The van der Waals surface area contributed by atoms with Gasteiger partial charge in [0.15, 0.2) is 0 Å². The van der Waals surface area contributed by atoms with Crippen LogP contribution in [0.2, 0.25) is 0 Å². The van der Waals surface area contributed by atoms with Crippen molar-refractivity contribution >= 4 is 11.9 Å². The molecular formula is C11H19NO3. The fourth-order valence-corrected chi connectivity index (χ4v) is 1.81. The number of nitrogens with zero attached hydrogens (tertiary/aromatic N) is 1. The zero-order valence-corrected chi connectivity index (χ0v) is 9.62. The highest BCUT2D eigenvalue weighted by molar-refractivity contribution is 5.81. The van der Waals surface area contributed by atoms with Gasteiger partial charge in [0.2, 0.25) is 5.91 Å². The maximum absolute atomic E-state index is 11.8. The molecular weight excluding hydrogens is 194 g/mol. The summed E-state index contributed by atoms with van der Waals surface area (Å²) in [4.78, 5) is 24.5. The molecule has 0 radical (unpaired) electrons. The highest BCUT2D eigenvalue weighted by Gasteiger charge is 2.42. The summed E-state index contributed by atoms with van der Waals surface area (Å²) in [5.41, 5.74) is -0.747. The van der Waals surface area contributed by atoms with Crippen molar-refractivity contribution in [2.45, 2.75) is 33.6 Å². The van der Waals surface area contributed by atoms with Crippen LogP contribution in [-0.4, -0.2) is 35.0 Å². The van der Waals surface area contributed by atoms with E-state index in [4.69, 9.17) is 5.11 Å². The highest BCUT2D eigenvalue weighted by Crippen LogP contribution is 2.31. The van der Waals surface area contributed by atoms with Crippen LogP contribution in [0, 0.1) is 11.3 Å². The standard InChI is InChI=1S/C11H19NO3/c1-4-8(2)9(13)12-6-5-11(3,7-12)10(14)15/h8H,4-7H2,1-3H3,(H,14,15). The molecule has 0 bridgehead atoms. The molecule has 1 rings (SSSR count). The first kappa shape index (κ1) is 12.0. The van der Waals surface area contributed by atoms with E-state index in [-0.39, 0.29) is 11.8 Å². The Labute approximate surface area is 90.3 Å². The van der Waals surface area contributed by atoms with E-state index in [1.807, 2.05) is 13.8 Å². The van der Waals surface area contributed by atoms with Crippen molar-refractivity contribution in [2.24, 2.45) is 11.3 Å². The summed E-state index contributed by atoms with van der Waals surface area (Å²) >= 11 is 0. The Kier molecular flexibility index (Phi) is 3.37. The summed E-state index contributed by atoms with van der Waals surface area (Å²) in [6, 6.07) is 0. The minimum Gasteiger partial charge on any atom is -0.481 e. The molecule has 1 N–H and O–H groups in total. The van der Waals surface area contributed by atoms with Crippen molar-refractivity contribution in [2.75, 3.05) is 13.1 Å². The number of hydrogen-bond acceptors (Lipinski definition) is 2. The number of carboxylic acid groups (broad SMARTS) is 1. The molecule has 2 unspecified atom stereocenters. The number of rotatable bonds is 3. The van der Waals surface area contributed by atoms with E-state index in [0.717, 1.165) is 6.42 Å². The quantitative estimate of drug-likeness (QED) is 0.770. The molecule has 1 saturated heterocycles. The van der Waals surface area contributed by atoms with Crippen LogP contribution in [0.3, 0.4) is 0 Å². The summed E-state index contributed by atoms with van der Waals surface area (Å²) in [7, 11) is 0. The van der Waals surface area contributed by atoms with Gasteiger partial charge in [0.05, 0.1) is 5.41 Å². The van der Waals surface area contributed by atoms with E-state index in [1.165, 1.54) is 0 Å². The molecule has 0 aliphatic carbocycles. The number of carbonyl (C=O) groups excluding carboxylic acids is 1. The minimum absolute atomic E-state index is 0.00106. The van der Waals surface area contributed by atoms with Crippen molar-refractivity contribution in [1.82, 2.24) is 4.90 Å². The zero-order chi connectivity index (χ0) is 11.6. The third kappa shape index (κ3) is 2.30. The fourth-order valence-electron chi connectivity index (χ4n) is 1.81. The van der Waals surface area contributed by atoms with Gasteiger partial charge in [-0.25, -0.2) is 0 Å². The summed E-state index contributed by atoms with van der Waals surface area (Å²) in [6.45, 7) is 6.49. The topological polar surface area (TPSA) is 57.6 Å². The van der Waals surface area contributed by atoms with Crippen molar-refractivity contribution in [3.8, 4) is 0 Å². The molecule has 0 saturated carbocycles. The number of likely N-dealkylation sites (tertiary alicyclic amines) is 1. The average molecular weight is 213 g/mol. The molecule has 1 aliphatic rings. The molecule has 4 nitrogen and oxygen atoms in total. The number of carboxylic acids is 1. The molecule has 1 amide bonds. The van der Waals surface area contributed by atoms with Crippen molar-refractivity contribution < 1.29 is 14.7 Å². The zero-order valence-electron chi connectivity index (χ0n) is 9.62. The van der Waals surface area contributed by atoms with Gasteiger partial charge in [-0.1, -0.05) is 13.8 Å². The Morgan fingerprint density at radius 3 is 2.53 bits per heavy atom. The smallest absolute Gasteiger partial charge is 0.311 e. The predicted molar refractivity (Wildman–Crippen MR) is 56.4 cm³/mol. The van der Waals surface area contributed by atoms with Crippen LogP contribution < -0.4 is 0 Å². The van der Waals surface area contributed by atoms with Gasteiger partial charge < -0.3 is 10.0 Å². The molecule has 0 aromatic carbocycles. The molecule has 2 atom stereocenters. The monoisotopic (exact) mass is 213 g/mol. The lowest BCUT2D eigenvalue weighted by atomic mass is 9.90. The third-order valence-electron chi connectivity index (χ3n) is 3.34. The first-order valence-electron chi connectivity index (χ1n) is 5.43. The lowest BCUT2D eigenvalue weighted by molar-refractivity contribution is -0.147. The SMILES string of the molecule is CCC(C)C(=O)N1CCC(C)(C(=O)O)C1. The maximum atomic E-state index is 11.8. The van der Waals surface area contributed by atoms with E-state index in [0.29, 0.717) is 19.5 Å². The van der Waals surface area contributed by atoms with Crippen LogP contribution in [0.5, 0.6) is 0 Å². The molecule has 0 aromatic rings. The van der Waals surface area contributed by atoms with Gasteiger partial charge in [0.25, 0.3) is 0 Å². The van der Waals surface area contributed by atoms with Crippen LogP contribution in [0.4, 0.5) is 0 Å². The van der Waals surface area contributed by atoms with Gasteiger partial charge in [-0.05, 0) is 19.8 Å². The molecule has 0 spiro atoms. The molecule has 86 valence electrons. The second-order valence-electron chi connectivity index (χ2n) is 4.68. The van der Waals surface area contributed by atoms with Crippen molar-refractivity contribution in [1.29, 1.82) is 0 Å². The fraction of sp³-hybridized carbons (Fsp3) is 0.818. The molecule has 1 fully saturated rings. The first-order chi connectivity index (χ1) is 6.90. The van der Waals surface area contributed by atoms with Crippen LogP contribution in [0.15, 0.2) is 0 Å². The highest BCUT2D eigenvalue weighted by atomic mass is 16.4. The maximum Gasteiger partial charge on any atom is 0.311 e. The number of aliphatic carboxylic acids is 1. The van der Waals surface area contributed by atoms with Gasteiger partial charge in [0, 0.05) is 19.0 Å². The van der Waals surface area contributed by atoms with Gasteiger partial charge >= 0.3 is 5.97 Å². The minimum atomic E-state index is -0.804. The molecule has 1 aliphatic heterocycles. The summed E-state index contributed by atoms with van der Waals surface area (Å²) < 4.78 is 0. The molecule has 1 heterocycles. The molecule has 0 aromatic heterocycles. The van der Waals surface area contributed by atoms with Crippen molar-refractivity contribution in [3.05, 3.63) is 0 Å². The van der Waals surface area contributed by atoms with Crippen LogP contribution in [0.1, 0.15) is 33.6 Å². The molecule has 4 heteroatoms. The van der Waals surface area contributed by atoms with E-state index in [1.54, 1.807) is 11.8 Å². The second kappa shape index (κ2) is 4.21. The van der Waals surface area contributed by atoms with Crippen LogP contribution in [-0.2, 0) is 9.59 Å². The van der Waals surface area contributed by atoms with Gasteiger partial charge in [-0.2, -0.15) is 0 Å². The number of amides is 1. The van der Waals surface area contributed by atoms with Crippen molar-refractivity contribution in [3.63, 3.8) is 0 Å². The van der Waals surface area contributed by atoms with Gasteiger partial charge in [0.1, 0.15) is 0 Å². The Bertz CT molecular complexity index is 277. The van der Waals surface area contributed by atoms with E-state index < -0.39 is 11.4 Å². The predicted octanol–water partition coefficient (Wildman–Crippen LogP) is 1.36. The van der Waals surface area contributed by atoms with Crippen LogP contribution >= 0.6 is 0 Å². The lowest BCUT2D eigenvalue weighted by Crippen LogP contribution is -2.37. The van der Waals surface area contributed by atoms with Gasteiger partial charge in [-0.3, -0.25) is 9.59 Å². The Morgan fingerprint density at radius 2 is 2.13 bits per heavy atom. The third-order valence-corrected chi connectivity index (χ3v) is 3.34. The lowest BCUT2D eigenvalue weighted by Gasteiger charge is -2.22.